The number of anilines is 6. The average molecular weight is 791 g/mol. The summed E-state index contributed by atoms with van der Waals surface area (Å²) in [6, 6.07) is 60.8. The van der Waals surface area contributed by atoms with E-state index in [4.69, 9.17) is 34.4 Å². The molecule has 2 aromatic heterocycles. The second-order valence-corrected chi connectivity index (χ2v) is 13.5. The predicted octanol–water partition coefficient (Wildman–Crippen LogP) is 11.6. The molecule has 0 amide bonds. The number of pyridine rings is 2. The van der Waals surface area contributed by atoms with Crippen molar-refractivity contribution in [1.82, 2.24) is 9.97 Å². The molecule has 9 aromatic rings. The van der Waals surface area contributed by atoms with Gasteiger partial charge in [0.15, 0.2) is 0 Å². The second kappa shape index (κ2) is 23.8. The molecule has 0 unspecified atom stereocenters. The number of rotatable bonds is 2. The van der Waals surface area contributed by atoms with Crippen LogP contribution in [0, 0.1) is 13.8 Å². The van der Waals surface area contributed by atoms with Crippen LogP contribution in [0.15, 0.2) is 207 Å². The highest BCUT2D eigenvalue weighted by Gasteiger charge is 1.99. The SMILES string of the molecule is C=Cc1ccc(N)cc1.Cc1ccc(N)cc1.Cc1cccc(N)c1.Nc1cccc2cccnc12.Nc1ccccc1-c1ccccc1.Nc1nccc2ccccc12. The van der Waals surface area contributed by atoms with Crippen molar-refractivity contribution in [1.29, 1.82) is 0 Å². The fourth-order valence-electron chi connectivity index (χ4n) is 5.52. The molecule has 8 nitrogen and oxygen atoms in total. The summed E-state index contributed by atoms with van der Waals surface area (Å²) in [5, 5.41) is 3.25. The Bertz CT molecular complexity index is 2520. The second-order valence-electron chi connectivity index (χ2n) is 13.5. The van der Waals surface area contributed by atoms with Gasteiger partial charge in [-0.2, -0.15) is 0 Å². The van der Waals surface area contributed by atoms with Crippen molar-refractivity contribution < 1.29 is 0 Å². The molecule has 8 heteroatoms. The van der Waals surface area contributed by atoms with Crippen molar-refractivity contribution in [2.24, 2.45) is 0 Å². The van der Waals surface area contributed by atoms with Gasteiger partial charge in [0.05, 0.1) is 11.2 Å². The summed E-state index contributed by atoms with van der Waals surface area (Å²) in [6.07, 6.45) is 5.26. The highest BCUT2D eigenvalue weighted by atomic mass is 14.8. The van der Waals surface area contributed by atoms with E-state index < -0.39 is 0 Å². The highest BCUT2D eigenvalue weighted by molar-refractivity contribution is 5.90. The van der Waals surface area contributed by atoms with E-state index in [9.17, 15) is 0 Å². The summed E-state index contributed by atoms with van der Waals surface area (Å²) >= 11 is 0. The molecule has 0 spiro atoms. The first-order valence-corrected chi connectivity index (χ1v) is 19.2. The molecular weight excluding hydrogens is 737 g/mol. The van der Waals surface area contributed by atoms with Crippen LogP contribution in [0.1, 0.15) is 16.7 Å². The maximum Gasteiger partial charge on any atom is 0.131 e. The van der Waals surface area contributed by atoms with Gasteiger partial charge in [-0.1, -0.05) is 146 Å². The van der Waals surface area contributed by atoms with Gasteiger partial charge in [0.2, 0.25) is 0 Å². The molecule has 9 rings (SSSR count). The van der Waals surface area contributed by atoms with Gasteiger partial charge in [-0.05, 0) is 96.6 Å². The first kappa shape index (κ1) is 44.6. The Morgan fingerprint density at radius 1 is 0.433 bits per heavy atom. The molecule has 0 aliphatic heterocycles. The predicted molar refractivity (Wildman–Crippen MR) is 261 cm³/mol. The maximum atomic E-state index is 5.85. The Morgan fingerprint density at radius 3 is 1.62 bits per heavy atom. The standard InChI is InChI=1S/C12H11N.2C9H8N2.C8H9N.2C7H9N/c13-12-9-5-4-8-11(12)10-6-2-1-3-7-10;10-8-5-1-3-7-4-2-6-11-9(7)8;10-9-8-4-2-1-3-7(8)5-6-11-9;1-2-7-3-5-8(9)6-4-7;1-6-2-4-7(8)5-3-6;1-6-3-2-4-7(8)5-6/h1-9H,13H2;1-6H,10H2;1-6H,(H2,10,11);2-6H,1,9H2;2*2-5H,8H2,1H3. The molecule has 0 bridgehead atoms. The van der Waals surface area contributed by atoms with Crippen molar-refractivity contribution in [2.45, 2.75) is 13.8 Å². The lowest BCUT2D eigenvalue weighted by Gasteiger charge is -2.03. The lowest BCUT2D eigenvalue weighted by molar-refractivity contribution is 1.37. The highest BCUT2D eigenvalue weighted by Crippen LogP contribution is 2.24. The van der Waals surface area contributed by atoms with Crippen molar-refractivity contribution in [2.75, 3.05) is 34.4 Å². The van der Waals surface area contributed by atoms with Gasteiger partial charge in [0.25, 0.3) is 0 Å². The fraction of sp³-hybridized carbons (Fsp3) is 0.0385. The number of aromatic nitrogens is 2. The largest absolute Gasteiger partial charge is 0.399 e. The monoisotopic (exact) mass is 790 g/mol. The minimum Gasteiger partial charge on any atom is -0.399 e. The molecule has 0 saturated carbocycles. The number of nitrogens with two attached hydrogens (primary N) is 6. The maximum absolute atomic E-state index is 5.85. The number of nitrogen functional groups attached to an aromatic ring is 6. The van der Waals surface area contributed by atoms with Crippen LogP contribution in [0.25, 0.3) is 38.9 Å². The zero-order valence-electron chi connectivity index (χ0n) is 34.2. The van der Waals surface area contributed by atoms with Crippen molar-refractivity contribution in [3.8, 4) is 11.1 Å². The Labute approximate surface area is 353 Å². The van der Waals surface area contributed by atoms with Crippen LogP contribution in [0.4, 0.5) is 34.3 Å². The third-order valence-corrected chi connectivity index (χ3v) is 8.71. The zero-order chi connectivity index (χ0) is 43.1. The summed E-state index contributed by atoms with van der Waals surface area (Å²) in [6.45, 7) is 7.69. The van der Waals surface area contributed by atoms with E-state index in [0.29, 0.717) is 5.82 Å². The molecule has 302 valence electrons. The molecule has 60 heavy (non-hydrogen) atoms. The number of benzene rings is 7. The fourth-order valence-corrected chi connectivity index (χ4v) is 5.52. The molecule has 0 radical (unpaired) electrons. The molecule has 0 fully saturated rings. The number of nitrogens with zero attached hydrogens (tertiary/aromatic N) is 2. The van der Waals surface area contributed by atoms with Crippen molar-refractivity contribution in [3.05, 3.63) is 224 Å². The minimum atomic E-state index is 0.600. The Hall–Kier alpha value is -8.10. The topological polar surface area (TPSA) is 182 Å². The number of para-hydroxylation sites is 2. The first-order chi connectivity index (χ1) is 29.0. The quantitative estimate of drug-likeness (QED) is 0.0935. The van der Waals surface area contributed by atoms with Gasteiger partial charge in [-0.15, -0.1) is 0 Å². The number of hydrogen-bond donors (Lipinski definition) is 6. The smallest absolute Gasteiger partial charge is 0.131 e. The lowest BCUT2D eigenvalue weighted by Crippen LogP contribution is -1.89. The molecule has 0 aliphatic carbocycles. The third kappa shape index (κ3) is 15.1. The summed E-state index contributed by atoms with van der Waals surface area (Å²) in [4.78, 5) is 8.14. The zero-order valence-corrected chi connectivity index (χ0v) is 34.2. The van der Waals surface area contributed by atoms with Gasteiger partial charge in [0.1, 0.15) is 5.82 Å². The van der Waals surface area contributed by atoms with E-state index >= 15 is 0 Å². The first-order valence-electron chi connectivity index (χ1n) is 19.2. The van der Waals surface area contributed by atoms with Gasteiger partial charge in [-0.25, -0.2) is 4.98 Å². The van der Waals surface area contributed by atoms with E-state index in [1.165, 1.54) is 16.7 Å². The van der Waals surface area contributed by atoms with Crippen LogP contribution in [0.3, 0.4) is 0 Å². The van der Waals surface area contributed by atoms with Gasteiger partial charge in [-0.3, -0.25) is 4.98 Å². The van der Waals surface area contributed by atoms with E-state index in [0.717, 1.165) is 61.2 Å². The molecule has 7 aromatic carbocycles. The molecule has 0 aliphatic rings. The molecule has 0 atom stereocenters. The Balaban J connectivity index is 0.000000160. The van der Waals surface area contributed by atoms with Crippen LogP contribution in [0.5, 0.6) is 0 Å². The van der Waals surface area contributed by atoms with Gasteiger partial charge < -0.3 is 34.4 Å². The summed E-state index contributed by atoms with van der Waals surface area (Å²) in [7, 11) is 0. The van der Waals surface area contributed by atoms with E-state index in [2.05, 4.69) is 28.7 Å². The van der Waals surface area contributed by atoms with Crippen LogP contribution < -0.4 is 34.4 Å². The minimum absolute atomic E-state index is 0.600. The number of fused-ring (bicyclic) bond motifs is 2. The summed E-state index contributed by atoms with van der Waals surface area (Å²) in [5.41, 5.74) is 44.3. The average Bonchev–Trinajstić information content (AvgIpc) is 3.27. The molecule has 0 saturated heterocycles. The van der Waals surface area contributed by atoms with E-state index in [1.54, 1.807) is 18.5 Å². The third-order valence-electron chi connectivity index (χ3n) is 8.71. The summed E-state index contributed by atoms with van der Waals surface area (Å²) < 4.78 is 0. The van der Waals surface area contributed by atoms with Gasteiger partial charge >= 0.3 is 0 Å². The van der Waals surface area contributed by atoms with E-state index in [-0.39, 0.29) is 0 Å². The normalized spacial score (nSPS) is 9.63. The van der Waals surface area contributed by atoms with Crippen molar-refractivity contribution >= 4 is 62.0 Å². The number of aryl methyl sites for hydroxylation is 2. The Kier molecular flexibility index (Phi) is 17.7. The van der Waals surface area contributed by atoms with Crippen molar-refractivity contribution in [3.63, 3.8) is 0 Å². The van der Waals surface area contributed by atoms with Crippen LogP contribution in [0.2, 0.25) is 0 Å². The van der Waals surface area contributed by atoms with Gasteiger partial charge in [0, 0.05) is 51.5 Å². The Morgan fingerprint density at radius 2 is 1.02 bits per heavy atom. The number of hydrogen-bond acceptors (Lipinski definition) is 8. The van der Waals surface area contributed by atoms with Crippen LogP contribution >= 0.6 is 0 Å². The van der Waals surface area contributed by atoms with Crippen LogP contribution in [-0.2, 0) is 0 Å². The van der Waals surface area contributed by atoms with Crippen LogP contribution in [-0.4, -0.2) is 9.97 Å². The lowest BCUT2D eigenvalue weighted by atomic mass is 10.0. The molecule has 12 N–H and O–H groups in total. The summed E-state index contributed by atoms with van der Waals surface area (Å²) in [5.74, 6) is 0.600. The van der Waals surface area contributed by atoms with E-state index in [1.807, 2.05) is 190 Å². The molecule has 2 heterocycles. The molecular formula is C52H54N8.